The molecule has 1 saturated carbocycles. The smallest absolute Gasteiger partial charge is 0.323 e. The predicted molar refractivity (Wildman–Crippen MR) is 186 cm³/mol. The second-order valence-corrected chi connectivity index (χ2v) is 14.1. The van der Waals surface area contributed by atoms with Crippen molar-refractivity contribution in [3.63, 3.8) is 0 Å². The summed E-state index contributed by atoms with van der Waals surface area (Å²) in [5.41, 5.74) is 7.33. The highest BCUT2D eigenvalue weighted by atomic mass is 16.6. The molecule has 2 atom stereocenters. The minimum atomic E-state index is -0.652. The van der Waals surface area contributed by atoms with E-state index in [9.17, 15) is 14.4 Å². The number of benzene rings is 1. The molecule has 2 aromatic rings. The standard InChI is InChI=1S/C35H52N8O5/c1-7-27-32(45)41(5)28-21-37-34(40-30(28)43(27)24-10-8-9-11-24)39-26-13-12-22(20-29(26)47-6)31(44)38-23-14-17-42(18-15-23)19-16-25(36)33(46)48-35(2,3)4/h12-13,20-21,23-25,27H,7-11,14-19,36H2,1-6H3,(H,38,44)(H,37,39,40). The third kappa shape index (κ3) is 8.18. The monoisotopic (exact) mass is 664 g/mol. The van der Waals surface area contributed by atoms with Crippen molar-refractivity contribution in [2.75, 3.05) is 48.9 Å². The minimum absolute atomic E-state index is 0.0424. The summed E-state index contributed by atoms with van der Waals surface area (Å²) in [5.74, 6) is 1.18. The van der Waals surface area contributed by atoms with Gasteiger partial charge >= 0.3 is 5.97 Å². The van der Waals surface area contributed by atoms with Gasteiger partial charge in [-0.1, -0.05) is 19.8 Å². The molecule has 0 bridgehead atoms. The van der Waals surface area contributed by atoms with Crippen molar-refractivity contribution in [3.05, 3.63) is 30.0 Å². The fraction of sp³-hybridized carbons (Fsp3) is 0.629. The Bertz CT molecular complexity index is 1470. The summed E-state index contributed by atoms with van der Waals surface area (Å²) in [5, 5.41) is 6.45. The molecule has 1 saturated heterocycles. The van der Waals surface area contributed by atoms with Crippen LogP contribution in [0.25, 0.3) is 0 Å². The van der Waals surface area contributed by atoms with Crippen molar-refractivity contribution >= 4 is 40.9 Å². The molecule has 48 heavy (non-hydrogen) atoms. The van der Waals surface area contributed by atoms with Crippen LogP contribution in [0.4, 0.5) is 23.1 Å². The molecule has 1 aliphatic carbocycles. The van der Waals surface area contributed by atoms with Crippen molar-refractivity contribution < 1.29 is 23.9 Å². The zero-order valence-electron chi connectivity index (χ0n) is 29.3. The number of methoxy groups -OCH3 is 1. The molecular formula is C35H52N8O5. The Balaban J connectivity index is 1.19. The van der Waals surface area contributed by atoms with Gasteiger partial charge in [0.15, 0.2) is 5.82 Å². The van der Waals surface area contributed by atoms with Gasteiger partial charge < -0.3 is 40.5 Å². The third-order valence-electron chi connectivity index (χ3n) is 9.51. The van der Waals surface area contributed by atoms with Gasteiger partial charge in [-0.3, -0.25) is 14.4 Å². The molecule has 2 aliphatic heterocycles. The number of ether oxygens (including phenoxy) is 2. The minimum Gasteiger partial charge on any atom is -0.495 e. The van der Waals surface area contributed by atoms with E-state index in [1.807, 2.05) is 27.7 Å². The van der Waals surface area contributed by atoms with Gasteiger partial charge in [0.2, 0.25) is 11.9 Å². The molecule has 1 aromatic heterocycles. The number of likely N-dealkylation sites (tertiary alicyclic amines) is 1. The Labute approximate surface area is 283 Å². The van der Waals surface area contributed by atoms with E-state index in [2.05, 4.69) is 25.4 Å². The Morgan fingerprint density at radius 3 is 2.48 bits per heavy atom. The van der Waals surface area contributed by atoms with Crippen LogP contribution in [0.2, 0.25) is 0 Å². The van der Waals surface area contributed by atoms with E-state index < -0.39 is 11.6 Å². The number of piperidine rings is 1. The maximum Gasteiger partial charge on any atom is 0.323 e. The largest absolute Gasteiger partial charge is 0.495 e. The molecule has 1 aromatic carbocycles. The number of hydrogen-bond donors (Lipinski definition) is 3. The summed E-state index contributed by atoms with van der Waals surface area (Å²) in [6.45, 7) is 9.85. The van der Waals surface area contributed by atoms with Crippen LogP contribution in [0.3, 0.4) is 0 Å². The second kappa shape index (κ2) is 15.1. The average molecular weight is 665 g/mol. The summed E-state index contributed by atoms with van der Waals surface area (Å²) in [6.07, 6.45) is 8.91. The molecule has 4 N–H and O–H groups in total. The summed E-state index contributed by atoms with van der Waals surface area (Å²) < 4.78 is 11.1. The van der Waals surface area contributed by atoms with E-state index in [1.165, 1.54) is 0 Å². The van der Waals surface area contributed by atoms with Crippen molar-refractivity contribution in [2.24, 2.45) is 5.73 Å². The zero-order valence-corrected chi connectivity index (χ0v) is 29.3. The van der Waals surface area contributed by atoms with Crippen LogP contribution in [-0.2, 0) is 14.3 Å². The lowest BCUT2D eigenvalue weighted by Crippen LogP contribution is -2.55. The lowest BCUT2D eigenvalue weighted by atomic mass is 10.0. The van der Waals surface area contributed by atoms with Crippen LogP contribution in [0, 0.1) is 0 Å². The Morgan fingerprint density at radius 1 is 1.12 bits per heavy atom. The van der Waals surface area contributed by atoms with Crippen molar-refractivity contribution in [3.8, 4) is 5.75 Å². The highest BCUT2D eigenvalue weighted by Crippen LogP contribution is 2.40. The van der Waals surface area contributed by atoms with Gasteiger partial charge in [-0.2, -0.15) is 4.98 Å². The highest BCUT2D eigenvalue weighted by Gasteiger charge is 2.41. The van der Waals surface area contributed by atoms with E-state index in [0.717, 1.165) is 57.4 Å². The van der Waals surface area contributed by atoms with Gasteiger partial charge in [0.1, 0.15) is 29.1 Å². The van der Waals surface area contributed by atoms with Crippen molar-refractivity contribution in [2.45, 2.75) is 109 Å². The molecule has 3 aliphatic rings. The number of hydrogen-bond acceptors (Lipinski definition) is 11. The van der Waals surface area contributed by atoms with Gasteiger partial charge in [0.25, 0.3) is 5.91 Å². The number of rotatable bonds is 11. The fourth-order valence-corrected chi connectivity index (χ4v) is 6.89. The van der Waals surface area contributed by atoms with Gasteiger partial charge in [0.05, 0.1) is 19.0 Å². The summed E-state index contributed by atoms with van der Waals surface area (Å²) in [6, 6.07) is 4.68. The van der Waals surface area contributed by atoms with Gasteiger partial charge in [0, 0.05) is 44.3 Å². The third-order valence-corrected chi connectivity index (χ3v) is 9.51. The van der Waals surface area contributed by atoms with Gasteiger partial charge in [-0.05, 0) is 77.5 Å². The molecule has 13 nitrogen and oxygen atoms in total. The number of aromatic nitrogens is 2. The Morgan fingerprint density at radius 2 is 1.83 bits per heavy atom. The number of anilines is 4. The van der Waals surface area contributed by atoms with Crippen LogP contribution < -0.4 is 30.9 Å². The van der Waals surface area contributed by atoms with E-state index in [0.29, 0.717) is 48.0 Å². The first kappa shape index (κ1) is 35.3. The number of nitrogens with two attached hydrogens (primary N) is 1. The van der Waals surface area contributed by atoms with Crippen LogP contribution in [0.5, 0.6) is 5.75 Å². The topological polar surface area (TPSA) is 155 Å². The van der Waals surface area contributed by atoms with E-state index in [1.54, 1.807) is 43.5 Å². The Kier molecular flexibility index (Phi) is 11.1. The quantitative estimate of drug-likeness (QED) is 0.299. The lowest BCUT2D eigenvalue weighted by Gasteiger charge is -2.43. The number of nitrogens with zero attached hydrogens (tertiary/aromatic N) is 5. The molecule has 0 radical (unpaired) electrons. The number of esters is 1. The first-order valence-electron chi connectivity index (χ1n) is 17.3. The van der Waals surface area contributed by atoms with Crippen LogP contribution in [0.15, 0.2) is 24.4 Å². The molecule has 13 heteroatoms. The molecule has 2 amide bonds. The molecular weight excluding hydrogens is 612 g/mol. The molecule has 262 valence electrons. The zero-order chi connectivity index (χ0) is 34.6. The number of nitrogens with one attached hydrogen (secondary N) is 2. The van der Waals surface area contributed by atoms with E-state index in [-0.39, 0.29) is 35.9 Å². The molecule has 2 unspecified atom stereocenters. The van der Waals surface area contributed by atoms with Crippen LogP contribution >= 0.6 is 0 Å². The molecule has 2 fully saturated rings. The van der Waals surface area contributed by atoms with E-state index >= 15 is 0 Å². The van der Waals surface area contributed by atoms with Crippen LogP contribution in [-0.4, -0.2) is 96.2 Å². The predicted octanol–water partition coefficient (Wildman–Crippen LogP) is 3.99. The van der Waals surface area contributed by atoms with Crippen LogP contribution in [0.1, 0.15) is 89.4 Å². The summed E-state index contributed by atoms with van der Waals surface area (Å²) in [7, 11) is 3.35. The fourth-order valence-electron chi connectivity index (χ4n) is 6.89. The first-order chi connectivity index (χ1) is 22.9. The maximum absolute atomic E-state index is 13.2. The Hall–Kier alpha value is -3.97. The number of carbonyl (C=O) groups is 3. The lowest BCUT2D eigenvalue weighted by molar-refractivity contribution is -0.156. The summed E-state index contributed by atoms with van der Waals surface area (Å²) >= 11 is 0. The maximum atomic E-state index is 13.2. The van der Waals surface area contributed by atoms with Gasteiger partial charge in [-0.25, -0.2) is 4.98 Å². The van der Waals surface area contributed by atoms with Crippen molar-refractivity contribution in [1.82, 2.24) is 20.2 Å². The van der Waals surface area contributed by atoms with Gasteiger partial charge in [-0.15, -0.1) is 0 Å². The first-order valence-corrected chi connectivity index (χ1v) is 17.3. The number of likely N-dealkylation sites (N-methyl/N-ethyl adjacent to an activating group) is 1. The molecule has 5 rings (SSSR count). The molecule has 0 spiro atoms. The average Bonchev–Trinajstić information content (AvgIpc) is 3.59. The number of fused-ring (bicyclic) bond motifs is 1. The van der Waals surface area contributed by atoms with Crippen molar-refractivity contribution in [1.29, 1.82) is 0 Å². The van der Waals surface area contributed by atoms with E-state index in [4.69, 9.17) is 20.2 Å². The SMILES string of the molecule is CCC1C(=O)N(C)c2cnc(Nc3ccc(C(=O)NC4CCN(CCC(N)C(=O)OC(C)(C)C)CC4)cc3OC)nc2N1C1CCCC1. The molecule has 3 heterocycles. The second-order valence-electron chi connectivity index (χ2n) is 14.1. The number of amides is 2. The number of carbonyl (C=O) groups excluding carboxylic acids is 3. The summed E-state index contributed by atoms with van der Waals surface area (Å²) in [4.78, 5) is 54.3. The normalized spacial score (nSPS) is 20.0. The highest BCUT2D eigenvalue weighted by molar-refractivity contribution is 6.04.